The van der Waals surface area contributed by atoms with Crippen molar-refractivity contribution in [2.75, 3.05) is 5.32 Å². The van der Waals surface area contributed by atoms with E-state index in [-0.39, 0.29) is 12.4 Å². The minimum absolute atomic E-state index is 0.286. The van der Waals surface area contributed by atoms with Gasteiger partial charge in [0.2, 0.25) is 5.91 Å². The van der Waals surface area contributed by atoms with Crippen LogP contribution in [0.3, 0.4) is 0 Å². The zero-order valence-corrected chi connectivity index (χ0v) is 18.4. The molecule has 0 bridgehead atoms. The van der Waals surface area contributed by atoms with Crippen molar-refractivity contribution in [3.05, 3.63) is 117 Å². The standard InChI is InChI=1S/C26H20FN5O3/c27-19-8-6-18(7-9-19)25-29-21-11-10-20(14-22(21)30-25)28-23(33)16-32-24(34)12-13-31(26(32)35)15-17-4-2-1-3-5-17/h1-14H,15-16H2,(H,28,33)(H,29,30). The fourth-order valence-electron chi connectivity index (χ4n) is 3.78. The largest absolute Gasteiger partial charge is 0.338 e. The maximum Gasteiger partial charge on any atom is 0.331 e. The number of nitrogens with zero attached hydrogens (tertiary/aromatic N) is 3. The van der Waals surface area contributed by atoms with E-state index in [1.54, 1.807) is 30.3 Å². The van der Waals surface area contributed by atoms with Crippen LogP contribution < -0.4 is 16.6 Å². The van der Waals surface area contributed by atoms with Gasteiger partial charge in [0.1, 0.15) is 18.2 Å². The topological polar surface area (TPSA) is 102 Å². The third kappa shape index (κ3) is 4.79. The molecule has 35 heavy (non-hydrogen) atoms. The number of aromatic amines is 1. The molecule has 0 fully saturated rings. The Balaban J connectivity index is 1.34. The molecule has 174 valence electrons. The lowest BCUT2D eigenvalue weighted by molar-refractivity contribution is -0.116. The molecule has 2 N–H and O–H groups in total. The third-order valence-corrected chi connectivity index (χ3v) is 5.52. The van der Waals surface area contributed by atoms with Gasteiger partial charge in [-0.1, -0.05) is 30.3 Å². The van der Waals surface area contributed by atoms with Crippen LogP contribution in [0.5, 0.6) is 0 Å². The number of H-pyrrole nitrogens is 1. The maximum atomic E-state index is 13.2. The van der Waals surface area contributed by atoms with Crippen molar-refractivity contribution in [1.82, 2.24) is 19.1 Å². The number of anilines is 1. The lowest BCUT2D eigenvalue weighted by Crippen LogP contribution is -2.41. The Morgan fingerprint density at radius 3 is 2.51 bits per heavy atom. The van der Waals surface area contributed by atoms with Crippen LogP contribution in [0.1, 0.15) is 5.56 Å². The minimum Gasteiger partial charge on any atom is -0.338 e. The SMILES string of the molecule is O=C(Cn1c(=O)ccn(Cc2ccccc2)c1=O)Nc1ccc2nc(-c3ccc(F)cc3)[nH]c2c1. The van der Waals surface area contributed by atoms with Gasteiger partial charge in [0.25, 0.3) is 5.56 Å². The highest BCUT2D eigenvalue weighted by Gasteiger charge is 2.12. The van der Waals surface area contributed by atoms with Crippen molar-refractivity contribution in [3.63, 3.8) is 0 Å². The smallest absolute Gasteiger partial charge is 0.331 e. The van der Waals surface area contributed by atoms with Crippen molar-refractivity contribution >= 4 is 22.6 Å². The van der Waals surface area contributed by atoms with Crippen LogP contribution in [0.2, 0.25) is 0 Å². The molecule has 0 aliphatic carbocycles. The molecule has 2 heterocycles. The summed E-state index contributed by atoms with van der Waals surface area (Å²) < 4.78 is 15.5. The highest BCUT2D eigenvalue weighted by atomic mass is 19.1. The summed E-state index contributed by atoms with van der Waals surface area (Å²) in [6.45, 7) is -0.135. The number of hydrogen-bond acceptors (Lipinski definition) is 4. The Hall–Kier alpha value is -4.79. The second kappa shape index (κ2) is 9.22. The van der Waals surface area contributed by atoms with Gasteiger partial charge in [0, 0.05) is 23.5 Å². The van der Waals surface area contributed by atoms with Crippen molar-refractivity contribution in [2.45, 2.75) is 13.1 Å². The van der Waals surface area contributed by atoms with E-state index < -0.39 is 23.7 Å². The minimum atomic E-state index is -0.565. The fraction of sp³-hybridized carbons (Fsp3) is 0.0769. The molecule has 9 heteroatoms. The van der Waals surface area contributed by atoms with Crippen LogP contribution in [0.4, 0.5) is 10.1 Å². The molecule has 0 atom stereocenters. The maximum absolute atomic E-state index is 13.2. The first-order valence-corrected chi connectivity index (χ1v) is 10.9. The molecule has 0 aliphatic heterocycles. The summed E-state index contributed by atoms with van der Waals surface area (Å²) in [7, 11) is 0. The molecule has 0 spiro atoms. The molecule has 2 aromatic heterocycles. The normalized spacial score (nSPS) is 11.0. The summed E-state index contributed by atoms with van der Waals surface area (Å²) in [5.74, 6) is -0.281. The summed E-state index contributed by atoms with van der Waals surface area (Å²) in [6.07, 6.45) is 1.43. The Labute approximate surface area is 198 Å². The molecule has 0 saturated carbocycles. The third-order valence-electron chi connectivity index (χ3n) is 5.52. The Morgan fingerprint density at radius 2 is 1.74 bits per heavy atom. The summed E-state index contributed by atoms with van der Waals surface area (Å²) in [6, 6.07) is 21.7. The van der Waals surface area contributed by atoms with Crippen molar-refractivity contribution < 1.29 is 9.18 Å². The molecule has 0 saturated heterocycles. The Morgan fingerprint density at radius 1 is 0.971 bits per heavy atom. The monoisotopic (exact) mass is 469 g/mol. The van der Waals surface area contributed by atoms with Crippen LogP contribution in [-0.4, -0.2) is 25.0 Å². The Kier molecular flexibility index (Phi) is 5.80. The first kappa shape index (κ1) is 22.0. The number of carbonyl (C=O) groups excluding carboxylic acids is 1. The van der Waals surface area contributed by atoms with E-state index in [0.29, 0.717) is 22.5 Å². The lowest BCUT2D eigenvalue weighted by Gasteiger charge is -2.10. The van der Waals surface area contributed by atoms with Gasteiger partial charge in [0.15, 0.2) is 0 Å². The number of nitrogens with one attached hydrogen (secondary N) is 2. The van der Waals surface area contributed by atoms with Gasteiger partial charge in [-0.15, -0.1) is 0 Å². The lowest BCUT2D eigenvalue weighted by atomic mass is 10.2. The number of fused-ring (bicyclic) bond motifs is 1. The van der Waals surface area contributed by atoms with E-state index in [2.05, 4.69) is 15.3 Å². The molecule has 0 unspecified atom stereocenters. The van der Waals surface area contributed by atoms with Crippen LogP contribution in [-0.2, 0) is 17.9 Å². The highest BCUT2D eigenvalue weighted by Crippen LogP contribution is 2.23. The Bertz CT molecular complexity index is 1640. The number of imidazole rings is 1. The number of hydrogen-bond donors (Lipinski definition) is 2. The van der Waals surface area contributed by atoms with Gasteiger partial charge in [0.05, 0.1) is 17.6 Å². The molecule has 8 nitrogen and oxygen atoms in total. The van der Waals surface area contributed by atoms with Gasteiger partial charge < -0.3 is 10.3 Å². The number of aromatic nitrogens is 4. The second-order valence-corrected chi connectivity index (χ2v) is 8.01. The number of amides is 1. The van der Waals surface area contributed by atoms with Crippen molar-refractivity contribution in [1.29, 1.82) is 0 Å². The van der Waals surface area contributed by atoms with E-state index in [0.717, 1.165) is 15.7 Å². The summed E-state index contributed by atoms with van der Waals surface area (Å²) in [5, 5.41) is 2.72. The van der Waals surface area contributed by atoms with E-state index in [1.807, 2.05) is 30.3 Å². The predicted octanol–water partition coefficient (Wildman–Crippen LogP) is 3.38. The molecular formula is C26H20FN5O3. The summed E-state index contributed by atoms with van der Waals surface area (Å²) in [4.78, 5) is 45.4. The number of halogens is 1. The quantitative estimate of drug-likeness (QED) is 0.398. The molecule has 0 radical (unpaired) electrons. The van der Waals surface area contributed by atoms with E-state index in [4.69, 9.17) is 0 Å². The van der Waals surface area contributed by atoms with Crippen molar-refractivity contribution in [3.8, 4) is 11.4 Å². The second-order valence-electron chi connectivity index (χ2n) is 8.01. The van der Waals surface area contributed by atoms with Crippen LogP contribution in [0.25, 0.3) is 22.4 Å². The highest BCUT2D eigenvalue weighted by molar-refractivity contribution is 5.93. The van der Waals surface area contributed by atoms with E-state index in [9.17, 15) is 18.8 Å². The fourth-order valence-corrected chi connectivity index (χ4v) is 3.78. The average Bonchev–Trinajstić information content (AvgIpc) is 3.28. The van der Waals surface area contributed by atoms with Crippen LogP contribution in [0.15, 0.2) is 94.6 Å². The van der Waals surface area contributed by atoms with Gasteiger partial charge in [-0.25, -0.2) is 14.2 Å². The first-order valence-electron chi connectivity index (χ1n) is 10.9. The zero-order valence-electron chi connectivity index (χ0n) is 18.4. The van der Waals surface area contributed by atoms with Gasteiger partial charge in [-0.05, 0) is 48.0 Å². The average molecular weight is 469 g/mol. The van der Waals surface area contributed by atoms with Crippen LogP contribution >= 0.6 is 0 Å². The number of benzene rings is 3. The molecule has 5 rings (SSSR count). The molecule has 1 amide bonds. The predicted molar refractivity (Wildman–Crippen MR) is 131 cm³/mol. The van der Waals surface area contributed by atoms with Gasteiger partial charge in [-0.2, -0.15) is 0 Å². The molecule has 0 aliphatic rings. The van der Waals surface area contributed by atoms with E-state index >= 15 is 0 Å². The van der Waals surface area contributed by atoms with E-state index in [1.165, 1.54) is 29.0 Å². The van der Waals surface area contributed by atoms with Crippen molar-refractivity contribution in [2.24, 2.45) is 0 Å². The zero-order chi connectivity index (χ0) is 24.4. The van der Waals surface area contributed by atoms with Crippen LogP contribution in [0, 0.1) is 5.82 Å². The molecule has 3 aromatic carbocycles. The number of carbonyl (C=O) groups is 1. The summed E-state index contributed by atoms with van der Waals surface area (Å²) >= 11 is 0. The summed E-state index contributed by atoms with van der Waals surface area (Å²) in [5.41, 5.74) is 2.33. The van der Waals surface area contributed by atoms with Gasteiger partial charge >= 0.3 is 5.69 Å². The van der Waals surface area contributed by atoms with Gasteiger partial charge in [-0.3, -0.25) is 18.7 Å². The first-order chi connectivity index (χ1) is 17.0. The molecule has 5 aromatic rings. The number of rotatable bonds is 6. The molecular weight excluding hydrogens is 449 g/mol.